The van der Waals surface area contributed by atoms with Crippen molar-refractivity contribution in [1.29, 1.82) is 0 Å². The number of esters is 4. The van der Waals surface area contributed by atoms with Crippen molar-refractivity contribution in [2.45, 2.75) is 114 Å². The van der Waals surface area contributed by atoms with Crippen molar-refractivity contribution in [2.75, 3.05) is 39.5 Å². The Balaban J connectivity index is 0.853. The number of amides is 2. The average Bonchev–Trinajstić information content (AvgIpc) is 3.10. The molecular weight excluding hydrogens is 700 g/mol. The van der Waals surface area contributed by atoms with Gasteiger partial charge in [0, 0.05) is 38.1 Å². The van der Waals surface area contributed by atoms with E-state index in [1.807, 2.05) is 0 Å². The van der Waals surface area contributed by atoms with Gasteiger partial charge in [-0.05, 0) is 101 Å². The fraction of sp³-hybridized carbons (Fsp3) is 0.750. The van der Waals surface area contributed by atoms with Gasteiger partial charge in [-0.1, -0.05) is 26.0 Å². The minimum atomic E-state index is -0.676. The minimum Gasteiger partial charge on any atom is -0.462 e. The Labute approximate surface area is 316 Å². The summed E-state index contributed by atoms with van der Waals surface area (Å²) in [5.41, 5.74) is -2.70. The smallest absolute Gasteiger partial charge is 0.407 e. The van der Waals surface area contributed by atoms with Crippen molar-refractivity contribution >= 4 is 36.1 Å². The maximum atomic E-state index is 13.2. The number of ether oxygens (including phenoxy) is 6. The van der Waals surface area contributed by atoms with Crippen LogP contribution in [0, 0.1) is 34.5 Å². The molecule has 54 heavy (non-hydrogen) atoms. The van der Waals surface area contributed by atoms with Gasteiger partial charge in [-0.15, -0.1) is 0 Å². The molecule has 0 radical (unpaired) electrons. The lowest BCUT2D eigenvalue weighted by Crippen LogP contribution is -2.60. The second kappa shape index (κ2) is 16.7. The molecular formula is C40H56N2O12. The van der Waals surface area contributed by atoms with E-state index in [9.17, 15) is 28.8 Å². The maximum Gasteiger partial charge on any atom is 0.407 e. The number of carbonyl (C=O) groups excluding carboxylic acids is 6. The molecule has 8 bridgehead atoms. The van der Waals surface area contributed by atoms with Gasteiger partial charge >= 0.3 is 36.1 Å². The predicted molar refractivity (Wildman–Crippen MR) is 191 cm³/mol. The van der Waals surface area contributed by atoms with Crippen molar-refractivity contribution in [1.82, 2.24) is 10.6 Å². The fourth-order valence-corrected chi connectivity index (χ4v) is 11.5. The minimum absolute atomic E-state index is 0.0212. The zero-order valence-corrected chi connectivity index (χ0v) is 31.3. The van der Waals surface area contributed by atoms with Crippen LogP contribution in [-0.4, -0.2) is 86.8 Å². The molecule has 0 saturated heterocycles. The van der Waals surface area contributed by atoms with Crippen LogP contribution in [0.25, 0.3) is 0 Å². The number of unbranched alkanes of at least 4 members (excludes halogenated alkanes) is 3. The van der Waals surface area contributed by atoms with E-state index >= 15 is 0 Å². The lowest BCUT2D eigenvalue weighted by atomic mass is 9.48. The number of alkyl carbamates (subject to hydrolysis) is 2. The summed E-state index contributed by atoms with van der Waals surface area (Å²) in [4.78, 5) is 74.9. The number of hydrogen-bond donors (Lipinski definition) is 2. The van der Waals surface area contributed by atoms with Crippen molar-refractivity contribution in [2.24, 2.45) is 34.5 Å². The van der Waals surface area contributed by atoms with Crippen LogP contribution in [0.4, 0.5) is 9.59 Å². The van der Waals surface area contributed by atoms with Gasteiger partial charge < -0.3 is 39.1 Å². The van der Waals surface area contributed by atoms with Crippen LogP contribution in [0.1, 0.15) is 103 Å². The second-order valence-corrected chi connectivity index (χ2v) is 16.9. The third kappa shape index (κ3) is 9.22. The summed E-state index contributed by atoms with van der Waals surface area (Å²) in [7, 11) is 0. The molecule has 8 aliphatic rings. The average molecular weight is 757 g/mol. The number of rotatable bonds is 19. The zero-order chi connectivity index (χ0) is 38.4. The van der Waals surface area contributed by atoms with Crippen LogP contribution in [0.2, 0.25) is 0 Å². The van der Waals surface area contributed by atoms with Gasteiger partial charge in [-0.3, -0.25) is 9.59 Å². The summed E-state index contributed by atoms with van der Waals surface area (Å²) in [5.74, 6) is -0.522. The lowest BCUT2D eigenvalue weighted by molar-refractivity contribution is -0.197. The summed E-state index contributed by atoms with van der Waals surface area (Å²) in [6, 6.07) is 0. The van der Waals surface area contributed by atoms with Gasteiger partial charge in [-0.25, -0.2) is 19.2 Å². The monoisotopic (exact) mass is 756 g/mol. The van der Waals surface area contributed by atoms with E-state index in [4.69, 9.17) is 28.4 Å². The highest BCUT2D eigenvalue weighted by molar-refractivity contribution is 5.82. The van der Waals surface area contributed by atoms with Crippen LogP contribution < -0.4 is 10.6 Å². The quantitative estimate of drug-likeness (QED) is 0.0760. The third-order valence-corrected chi connectivity index (χ3v) is 12.6. The molecule has 0 aliphatic heterocycles. The molecule has 0 aromatic heterocycles. The largest absolute Gasteiger partial charge is 0.462 e. The Morgan fingerprint density at radius 3 is 1.22 bits per heavy atom. The molecule has 0 spiro atoms. The summed E-state index contributed by atoms with van der Waals surface area (Å²) in [6.07, 6.45) is 13.3. The molecule has 8 saturated carbocycles. The topological polar surface area (TPSA) is 182 Å². The van der Waals surface area contributed by atoms with Crippen molar-refractivity contribution in [3.63, 3.8) is 0 Å². The first-order chi connectivity index (χ1) is 25.9. The van der Waals surface area contributed by atoms with E-state index in [1.54, 1.807) is 0 Å². The molecule has 0 aromatic rings. The molecule has 2 N–H and O–H groups in total. The number of carbonyl (C=O) groups is 6. The van der Waals surface area contributed by atoms with Crippen molar-refractivity contribution in [3.05, 3.63) is 25.3 Å². The highest BCUT2D eigenvalue weighted by Crippen LogP contribution is 2.64. The Bertz CT molecular complexity index is 1340. The van der Waals surface area contributed by atoms with E-state index in [-0.39, 0.29) is 38.4 Å². The van der Waals surface area contributed by atoms with Crippen molar-refractivity contribution < 1.29 is 57.2 Å². The van der Waals surface area contributed by atoms with Crippen LogP contribution in [0.15, 0.2) is 25.3 Å². The lowest BCUT2D eigenvalue weighted by Gasteiger charge is -2.59. The normalized spacial score (nSPS) is 33.6. The summed E-state index contributed by atoms with van der Waals surface area (Å²) < 4.78 is 33.1. The maximum absolute atomic E-state index is 13.2. The molecule has 2 amide bonds. The first kappa shape index (κ1) is 39.6. The van der Waals surface area contributed by atoms with Crippen molar-refractivity contribution in [3.8, 4) is 0 Å². The van der Waals surface area contributed by atoms with Crippen LogP contribution in [0.5, 0.6) is 0 Å². The number of hydrogen-bond acceptors (Lipinski definition) is 12. The second-order valence-electron chi connectivity index (χ2n) is 16.9. The highest BCUT2D eigenvalue weighted by Gasteiger charge is 2.64. The first-order valence-corrected chi connectivity index (χ1v) is 19.8. The highest BCUT2D eigenvalue weighted by atomic mass is 16.6. The standard InChI is InChI=1S/C40H56N2O12/c1-3-31(43)49-11-13-51-33(45)37-17-27-15-28(18-37)22-39(21-27,25-37)53-35(47)41-9-7-5-6-8-10-42-36(48)54-40-23-29-16-30(24-40)20-38(19-29,26-40)34(46)52-14-12-50-32(44)4-2/h3-4,27-30H,1-2,5-26H2,(H,41,47)(H,42,48). The molecule has 298 valence electrons. The molecule has 14 heteroatoms. The summed E-state index contributed by atoms with van der Waals surface area (Å²) >= 11 is 0. The van der Waals surface area contributed by atoms with E-state index in [0.717, 1.165) is 102 Å². The molecule has 8 aliphatic carbocycles. The number of nitrogens with one attached hydrogen (secondary N) is 2. The van der Waals surface area contributed by atoms with E-state index in [2.05, 4.69) is 23.8 Å². The third-order valence-electron chi connectivity index (χ3n) is 12.6. The summed E-state index contributed by atoms with van der Waals surface area (Å²) in [5, 5.41) is 5.78. The van der Waals surface area contributed by atoms with E-state index < -0.39 is 46.2 Å². The zero-order valence-electron chi connectivity index (χ0n) is 31.3. The van der Waals surface area contributed by atoms with Gasteiger partial charge in [0.05, 0.1) is 10.8 Å². The Morgan fingerprint density at radius 2 is 0.870 bits per heavy atom. The molecule has 14 nitrogen and oxygen atoms in total. The van der Waals surface area contributed by atoms with Gasteiger partial charge in [-0.2, -0.15) is 0 Å². The molecule has 0 heterocycles. The Kier molecular flexibility index (Phi) is 12.3. The van der Waals surface area contributed by atoms with Gasteiger partial charge in [0.2, 0.25) is 0 Å². The van der Waals surface area contributed by atoms with E-state index in [1.165, 1.54) is 0 Å². The fourth-order valence-electron chi connectivity index (χ4n) is 11.5. The molecule has 0 aromatic carbocycles. The molecule has 8 fully saturated rings. The molecule has 8 rings (SSSR count). The van der Waals surface area contributed by atoms with Gasteiger partial charge in [0.15, 0.2) is 0 Å². The Hall–Kier alpha value is -4.10. The summed E-state index contributed by atoms with van der Waals surface area (Å²) in [6.45, 7) is 7.53. The predicted octanol–water partition coefficient (Wildman–Crippen LogP) is 5.22. The van der Waals surface area contributed by atoms with Crippen LogP contribution in [0.3, 0.4) is 0 Å². The SMILES string of the molecule is C=CC(=O)OCCOC(=O)C12CC3CC(CC(OC(=O)NCCCCCCNC(=O)OC45CC6CC(C4)CC(C(=O)OCCOC(=O)C=C)(C6)C5)(C3)C1)C2. The van der Waals surface area contributed by atoms with Crippen LogP contribution >= 0.6 is 0 Å². The first-order valence-electron chi connectivity index (χ1n) is 19.8. The van der Waals surface area contributed by atoms with Gasteiger partial charge in [0.1, 0.15) is 37.6 Å². The van der Waals surface area contributed by atoms with Gasteiger partial charge in [0.25, 0.3) is 0 Å². The van der Waals surface area contributed by atoms with E-state index in [0.29, 0.717) is 49.6 Å². The Morgan fingerprint density at radius 1 is 0.519 bits per heavy atom. The molecule has 4 atom stereocenters. The molecule has 4 unspecified atom stereocenters. The van der Waals surface area contributed by atoms with Crippen LogP contribution in [-0.2, 0) is 47.6 Å².